The van der Waals surface area contributed by atoms with Crippen LogP contribution in [0.15, 0.2) is 18.2 Å². The molecule has 0 aliphatic carbocycles. The summed E-state index contributed by atoms with van der Waals surface area (Å²) in [5, 5.41) is 8.49. The summed E-state index contributed by atoms with van der Waals surface area (Å²) in [6.45, 7) is -1.74. The largest absolute Gasteiger partial charge is 0.425 e. The average Bonchev–Trinajstić information content (AvgIpc) is 2.43. The van der Waals surface area contributed by atoms with Crippen molar-refractivity contribution in [2.75, 3.05) is 0 Å². The number of hydrogen-bond donors (Lipinski definition) is 0. The fourth-order valence-corrected chi connectivity index (χ4v) is 0.991. The van der Waals surface area contributed by atoms with E-state index in [1.54, 1.807) is 6.07 Å². The molecule has 1 heterocycles. The zero-order chi connectivity index (χ0) is 8.55. The lowest BCUT2D eigenvalue weighted by Crippen LogP contribution is -2.09. The van der Waals surface area contributed by atoms with Gasteiger partial charge in [0.2, 0.25) is 0 Å². The second-order valence-corrected chi connectivity index (χ2v) is 2.28. The topological polar surface area (TPSA) is 42.2 Å². The van der Waals surface area contributed by atoms with Crippen LogP contribution < -0.4 is 9.47 Å². The maximum atomic E-state index is 12.4. The molecule has 1 aliphatic rings. The lowest BCUT2D eigenvalue weighted by atomic mass is 10.2. The van der Waals surface area contributed by atoms with Crippen LogP contribution in [-0.2, 0) is 0 Å². The van der Waals surface area contributed by atoms with Crippen molar-refractivity contribution in [3.05, 3.63) is 23.8 Å². The van der Waals surface area contributed by atoms with Crippen molar-refractivity contribution in [2.24, 2.45) is 0 Å². The predicted octanol–water partition coefficient (Wildman–Crippen LogP) is 1.58. The molecule has 0 saturated carbocycles. The third kappa shape index (κ3) is 0.957. The highest BCUT2D eigenvalue weighted by atomic mass is 19.2. The van der Waals surface area contributed by atoms with Crippen molar-refractivity contribution in [2.45, 2.75) is 6.54 Å². The molecule has 1 aliphatic heterocycles. The zero-order valence-electron chi connectivity index (χ0n) is 5.95. The number of nitriles is 1. The summed E-state index contributed by atoms with van der Waals surface area (Å²) < 4.78 is 21.6. The van der Waals surface area contributed by atoms with Crippen LogP contribution >= 0.6 is 0 Å². The predicted molar refractivity (Wildman–Crippen MR) is 37.3 cm³/mol. The van der Waals surface area contributed by atoms with Gasteiger partial charge in [-0.05, 0) is 12.1 Å². The normalized spacial score (nSPS) is 18.8. The molecule has 0 spiro atoms. The van der Waals surface area contributed by atoms with E-state index in [1.165, 1.54) is 12.1 Å². The zero-order valence-corrected chi connectivity index (χ0v) is 5.95. The number of alkyl halides is 1. The number of nitrogens with zero attached hydrogens (tertiary/aromatic N) is 1. The maximum Gasteiger partial charge on any atom is 0.397 e. The Morgan fingerprint density at radius 1 is 1.33 bits per heavy atom. The van der Waals surface area contributed by atoms with Crippen LogP contribution in [0.1, 0.15) is 5.56 Å². The summed E-state index contributed by atoms with van der Waals surface area (Å²) in [5.41, 5.74) is 0.423. The third-order valence-electron chi connectivity index (χ3n) is 1.51. The quantitative estimate of drug-likeness (QED) is 0.586. The number of halogens is 1. The molecule has 0 fully saturated rings. The smallest absolute Gasteiger partial charge is 0.397 e. The minimum absolute atomic E-state index is 0.279. The van der Waals surface area contributed by atoms with Crippen molar-refractivity contribution in [3.63, 3.8) is 0 Å². The minimum Gasteiger partial charge on any atom is -0.425 e. The molecule has 2 rings (SSSR count). The molecular formula is C8H4FNO2. The van der Waals surface area contributed by atoms with Gasteiger partial charge in [-0.25, -0.2) is 0 Å². The molecule has 0 N–H and O–H groups in total. The highest BCUT2D eigenvalue weighted by Crippen LogP contribution is 2.35. The molecule has 4 heteroatoms. The van der Waals surface area contributed by atoms with Crippen LogP contribution in [0, 0.1) is 11.3 Å². The van der Waals surface area contributed by atoms with E-state index >= 15 is 0 Å². The molecule has 1 unspecified atom stereocenters. The van der Waals surface area contributed by atoms with Gasteiger partial charge in [0, 0.05) is 6.07 Å². The summed E-state index contributed by atoms with van der Waals surface area (Å²) in [4.78, 5) is 0. The summed E-state index contributed by atoms with van der Waals surface area (Å²) in [6.07, 6.45) is 0. The molecule has 0 aromatic heterocycles. The Morgan fingerprint density at radius 2 is 2.08 bits per heavy atom. The van der Waals surface area contributed by atoms with Crippen LogP contribution in [-0.4, -0.2) is 6.54 Å². The molecule has 60 valence electrons. The van der Waals surface area contributed by atoms with Crippen LogP contribution in [0.25, 0.3) is 0 Å². The van der Waals surface area contributed by atoms with Gasteiger partial charge in [0.1, 0.15) is 0 Å². The first kappa shape index (κ1) is 6.92. The van der Waals surface area contributed by atoms with E-state index in [1.807, 2.05) is 6.07 Å². The fourth-order valence-electron chi connectivity index (χ4n) is 0.991. The van der Waals surface area contributed by atoms with Crippen LogP contribution in [0.3, 0.4) is 0 Å². The van der Waals surface area contributed by atoms with Gasteiger partial charge in [0.15, 0.2) is 11.5 Å². The van der Waals surface area contributed by atoms with Gasteiger partial charge in [0.05, 0.1) is 11.6 Å². The van der Waals surface area contributed by atoms with E-state index in [0.29, 0.717) is 11.3 Å². The van der Waals surface area contributed by atoms with Gasteiger partial charge in [0.25, 0.3) is 0 Å². The first-order valence-corrected chi connectivity index (χ1v) is 3.31. The molecular weight excluding hydrogens is 161 g/mol. The second kappa shape index (κ2) is 2.38. The number of rotatable bonds is 0. The Morgan fingerprint density at radius 3 is 2.83 bits per heavy atom. The van der Waals surface area contributed by atoms with E-state index in [0.717, 1.165) is 0 Å². The van der Waals surface area contributed by atoms with Gasteiger partial charge in [-0.1, -0.05) is 0 Å². The van der Waals surface area contributed by atoms with Crippen molar-refractivity contribution in [1.29, 1.82) is 5.26 Å². The highest BCUT2D eigenvalue weighted by Gasteiger charge is 2.22. The molecule has 0 radical (unpaired) electrons. The van der Waals surface area contributed by atoms with Gasteiger partial charge < -0.3 is 9.47 Å². The second-order valence-electron chi connectivity index (χ2n) is 2.28. The molecule has 1 atom stereocenters. The SMILES string of the molecule is N#Cc1ccc2c(c1)OC(F)O2. The molecule has 0 saturated heterocycles. The maximum absolute atomic E-state index is 12.4. The van der Waals surface area contributed by atoms with Crippen molar-refractivity contribution in [1.82, 2.24) is 0 Å². The van der Waals surface area contributed by atoms with Crippen LogP contribution in [0.5, 0.6) is 11.5 Å². The first-order valence-electron chi connectivity index (χ1n) is 3.31. The Bertz CT molecular complexity index is 359. The summed E-state index contributed by atoms with van der Waals surface area (Å²) in [6, 6.07) is 6.40. The van der Waals surface area contributed by atoms with E-state index in [4.69, 9.17) is 5.26 Å². The number of fused-ring (bicyclic) bond motifs is 1. The molecule has 1 aromatic rings. The van der Waals surface area contributed by atoms with Gasteiger partial charge in [-0.2, -0.15) is 9.65 Å². The number of ether oxygens (including phenoxy) is 2. The molecule has 1 aromatic carbocycles. The molecule has 0 amide bonds. The standard InChI is InChI=1S/C8H4FNO2/c9-8-11-6-2-1-5(4-10)3-7(6)12-8/h1-3,8H. The first-order chi connectivity index (χ1) is 5.79. The molecule has 12 heavy (non-hydrogen) atoms. The fraction of sp³-hybridized carbons (Fsp3) is 0.125. The van der Waals surface area contributed by atoms with Crippen LogP contribution in [0.2, 0.25) is 0 Å². The van der Waals surface area contributed by atoms with Crippen molar-refractivity contribution >= 4 is 0 Å². The third-order valence-corrected chi connectivity index (χ3v) is 1.51. The molecule has 0 bridgehead atoms. The van der Waals surface area contributed by atoms with E-state index in [-0.39, 0.29) is 5.75 Å². The van der Waals surface area contributed by atoms with E-state index in [2.05, 4.69) is 9.47 Å². The summed E-state index contributed by atoms with van der Waals surface area (Å²) >= 11 is 0. The lowest BCUT2D eigenvalue weighted by molar-refractivity contribution is -0.0652. The summed E-state index contributed by atoms with van der Waals surface area (Å²) in [7, 11) is 0. The van der Waals surface area contributed by atoms with Gasteiger partial charge in [-0.3, -0.25) is 0 Å². The lowest BCUT2D eigenvalue weighted by Gasteiger charge is -1.94. The minimum atomic E-state index is -1.74. The average molecular weight is 165 g/mol. The number of benzene rings is 1. The van der Waals surface area contributed by atoms with E-state index in [9.17, 15) is 4.39 Å². The number of hydrogen-bond acceptors (Lipinski definition) is 3. The summed E-state index contributed by atoms with van der Waals surface area (Å²) in [5.74, 6) is 0.614. The van der Waals surface area contributed by atoms with Crippen molar-refractivity contribution in [3.8, 4) is 17.6 Å². The Hall–Kier alpha value is -1.76. The Labute approximate surface area is 67.9 Å². The Kier molecular flexibility index (Phi) is 1.37. The molecule has 3 nitrogen and oxygen atoms in total. The van der Waals surface area contributed by atoms with Gasteiger partial charge in [-0.15, -0.1) is 0 Å². The monoisotopic (exact) mass is 165 g/mol. The highest BCUT2D eigenvalue weighted by molar-refractivity contribution is 5.48. The Balaban J connectivity index is 2.44. The van der Waals surface area contributed by atoms with Crippen molar-refractivity contribution < 1.29 is 13.9 Å². The van der Waals surface area contributed by atoms with E-state index < -0.39 is 6.54 Å². The van der Waals surface area contributed by atoms with Gasteiger partial charge >= 0.3 is 6.54 Å². The van der Waals surface area contributed by atoms with Crippen LogP contribution in [0.4, 0.5) is 4.39 Å².